The van der Waals surface area contributed by atoms with E-state index in [0.717, 1.165) is 49.9 Å². The summed E-state index contributed by atoms with van der Waals surface area (Å²) >= 11 is 0. The van der Waals surface area contributed by atoms with Crippen LogP contribution < -0.4 is 10.1 Å². The molecule has 1 rings (SSSR count). The second-order valence-electron chi connectivity index (χ2n) is 31.8. The van der Waals surface area contributed by atoms with Crippen molar-refractivity contribution < 1.29 is 29.4 Å². The number of benzene rings is 1. The molecule has 0 aromatic heterocycles. The summed E-state index contributed by atoms with van der Waals surface area (Å²) in [6.45, 7) is 13.1. The zero-order valence-corrected chi connectivity index (χ0v) is 68.5. The highest BCUT2D eigenvalue weighted by atomic mass is 16.7. The summed E-state index contributed by atoms with van der Waals surface area (Å²) in [6, 6.07) is 8.35. The van der Waals surface area contributed by atoms with Gasteiger partial charge < -0.3 is 19.7 Å². The summed E-state index contributed by atoms with van der Waals surface area (Å²) in [7, 11) is 0. The Hall–Kier alpha value is -1.42. The third-order valence-corrected chi connectivity index (χ3v) is 21.6. The smallest absolute Gasteiger partial charge is 0.0973 e. The lowest BCUT2D eigenvalue weighted by atomic mass is 10.0. The van der Waals surface area contributed by atoms with Gasteiger partial charge in [-0.1, -0.05) is 464 Å². The Morgan fingerprint density at radius 3 is 0.510 bits per heavy atom. The van der Waals surface area contributed by atoms with Gasteiger partial charge in [-0.05, 0) is 49.9 Å². The first-order chi connectivity index (χ1) is 49.5. The van der Waals surface area contributed by atoms with E-state index in [2.05, 4.69) is 52.0 Å². The van der Waals surface area contributed by atoms with Crippen molar-refractivity contribution in [3.05, 3.63) is 24.3 Å². The van der Waals surface area contributed by atoms with Gasteiger partial charge in [0.1, 0.15) is 0 Å². The van der Waals surface area contributed by atoms with Crippen molar-refractivity contribution in [1.29, 1.82) is 0 Å². The van der Waals surface area contributed by atoms with Gasteiger partial charge in [-0.2, -0.15) is 0 Å². The van der Waals surface area contributed by atoms with Crippen molar-refractivity contribution >= 4 is 11.4 Å². The van der Waals surface area contributed by atoms with E-state index in [9.17, 15) is 10.2 Å². The van der Waals surface area contributed by atoms with Gasteiger partial charge in [0.15, 0.2) is 0 Å². The molecule has 0 aliphatic carbocycles. The zero-order chi connectivity index (χ0) is 71.7. The van der Waals surface area contributed by atoms with E-state index in [4.69, 9.17) is 19.1 Å². The molecule has 0 saturated carbocycles. The van der Waals surface area contributed by atoms with Crippen LogP contribution in [0.15, 0.2) is 24.3 Å². The molecule has 1 aromatic rings. The van der Waals surface area contributed by atoms with Crippen LogP contribution in [0.3, 0.4) is 0 Å². The minimum atomic E-state index is -0.672. The quantitative estimate of drug-likeness (QED) is 0.0493. The predicted molar refractivity (Wildman–Crippen MR) is 442 cm³/mol. The molecule has 2 unspecified atom stereocenters. The van der Waals surface area contributed by atoms with Gasteiger partial charge in [-0.15, -0.1) is 0 Å². The monoisotopic (exact) mass is 1410 g/mol. The number of aliphatic hydroxyl groups is 2. The molecule has 2 N–H and O–H groups in total. The lowest BCUT2D eigenvalue weighted by Crippen LogP contribution is -2.36. The fourth-order valence-electron chi connectivity index (χ4n) is 14.7. The van der Waals surface area contributed by atoms with E-state index in [-0.39, 0.29) is 0 Å². The largest absolute Gasteiger partial charge is 0.389 e. The number of anilines is 2. The first-order valence-electron chi connectivity index (χ1n) is 46.0. The third-order valence-electron chi connectivity index (χ3n) is 21.6. The molecule has 8 heteroatoms. The number of aliphatic hydroxyl groups excluding tert-OH is 2. The minimum Gasteiger partial charge on any atom is -0.389 e. The minimum absolute atomic E-state index is 0.302. The summed E-state index contributed by atoms with van der Waals surface area (Å²) in [5.41, 5.74) is 1.82. The summed E-state index contributed by atoms with van der Waals surface area (Å²) < 4.78 is 12.2. The Balaban J connectivity index is 2.73. The summed E-state index contributed by atoms with van der Waals surface area (Å²) in [4.78, 5) is 13.1. The Bertz CT molecular complexity index is 1520. The van der Waals surface area contributed by atoms with Crippen LogP contribution in [-0.4, -0.2) is 75.2 Å². The second kappa shape index (κ2) is 83.2. The van der Waals surface area contributed by atoms with E-state index in [1.807, 2.05) is 10.1 Å². The first-order valence-corrected chi connectivity index (χ1v) is 46.0. The van der Waals surface area contributed by atoms with Crippen molar-refractivity contribution in [2.75, 3.05) is 62.9 Å². The molecule has 0 amide bonds. The van der Waals surface area contributed by atoms with Crippen LogP contribution in [0.25, 0.3) is 0 Å². The van der Waals surface area contributed by atoms with Crippen LogP contribution in [0, 0.1) is 0 Å². The first kappa shape index (κ1) is 96.6. The summed E-state index contributed by atoms with van der Waals surface area (Å²) in [5.74, 6) is 0. The molecule has 0 saturated heterocycles. The lowest BCUT2D eigenvalue weighted by molar-refractivity contribution is 0.0141. The van der Waals surface area contributed by atoms with Crippen LogP contribution in [0.5, 0.6) is 0 Å². The SMILES string of the molecule is CCCCCCCCCCCCCCCCCCCCOCC(O)CN(OCCCCCCCCCCCCCCCCCCCC)c1ccc(N(CC(O)COCCCCCCCCCCCCCCCCCCCC)OCCCCCCCCCCCCCCCCCCCC)cc1. The number of hydroxylamine groups is 2. The van der Waals surface area contributed by atoms with E-state index < -0.39 is 12.2 Å². The number of nitrogens with zero attached hydrogens (tertiary/aromatic N) is 2. The molecule has 594 valence electrons. The van der Waals surface area contributed by atoms with Crippen molar-refractivity contribution in [3.8, 4) is 0 Å². The maximum Gasteiger partial charge on any atom is 0.0973 e. The fourth-order valence-corrected chi connectivity index (χ4v) is 14.7. The molecular weight excluding hydrogens is 1230 g/mol. The van der Waals surface area contributed by atoms with E-state index >= 15 is 0 Å². The van der Waals surface area contributed by atoms with Crippen molar-refractivity contribution in [2.24, 2.45) is 0 Å². The number of unbranched alkanes of at least 4 members (excludes halogenated alkanes) is 68. The summed E-state index contributed by atoms with van der Waals surface area (Å²) in [6.07, 6.45) is 96.7. The molecule has 100 heavy (non-hydrogen) atoms. The second-order valence-corrected chi connectivity index (χ2v) is 31.8. The molecule has 0 heterocycles. The molecule has 0 bridgehead atoms. The highest BCUT2D eigenvalue weighted by Gasteiger charge is 2.18. The van der Waals surface area contributed by atoms with E-state index in [1.54, 1.807) is 0 Å². The van der Waals surface area contributed by atoms with Crippen LogP contribution in [0.4, 0.5) is 11.4 Å². The van der Waals surface area contributed by atoms with Gasteiger partial charge in [0, 0.05) is 13.2 Å². The number of ether oxygens (including phenoxy) is 2. The molecule has 0 spiro atoms. The van der Waals surface area contributed by atoms with Crippen molar-refractivity contribution in [1.82, 2.24) is 0 Å². The van der Waals surface area contributed by atoms with Gasteiger partial charge in [0.2, 0.25) is 0 Å². The van der Waals surface area contributed by atoms with Gasteiger partial charge in [-0.3, -0.25) is 19.8 Å². The standard InChI is InChI=1S/C92H180N2O6/c1-5-9-13-17-21-25-29-33-37-41-45-49-53-57-61-65-69-73-81-97-87-91(95)85-93(99-83-75-71-67-63-59-55-51-47-43-39-35-31-27-23-19-15-11-7-3)89-77-79-90(80-78-89)94(100-84-76-72-68-64-60-56-52-48-44-40-36-32-28-24-20-16-12-8-4)86-92(96)88-98-82-74-70-66-62-58-54-50-46-42-38-34-30-26-22-18-14-10-6-2/h77-80,91-92,95-96H,5-76,81-88H2,1-4H3. The molecule has 8 nitrogen and oxygen atoms in total. The molecule has 0 aliphatic heterocycles. The van der Waals surface area contributed by atoms with E-state index in [0.29, 0.717) is 52.7 Å². The number of hydrogen-bond donors (Lipinski definition) is 2. The Kier molecular flexibility index (Phi) is 80.4. The highest BCUT2D eigenvalue weighted by molar-refractivity contribution is 5.54. The third kappa shape index (κ3) is 72.2. The van der Waals surface area contributed by atoms with Gasteiger partial charge in [0.25, 0.3) is 0 Å². The van der Waals surface area contributed by atoms with Gasteiger partial charge in [0.05, 0.1) is 63.1 Å². The van der Waals surface area contributed by atoms with Gasteiger partial charge in [-0.25, -0.2) is 0 Å². The van der Waals surface area contributed by atoms with Crippen LogP contribution in [-0.2, 0) is 19.1 Å². The number of rotatable bonds is 88. The Morgan fingerprint density at radius 2 is 0.350 bits per heavy atom. The summed E-state index contributed by atoms with van der Waals surface area (Å²) in [5, 5.41) is 26.7. The fraction of sp³-hybridized carbons (Fsp3) is 0.935. The Labute approximate surface area is 626 Å². The Morgan fingerprint density at radius 1 is 0.210 bits per heavy atom. The predicted octanol–water partition coefficient (Wildman–Crippen LogP) is 30.1. The van der Waals surface area contributed by atoms with Crippen LogP contribution >= 0.6 is 0 Å². The van der Waals surface area contributed by atoms with Crippen molar-refractivity contribution in [3.63, 3.8) is 0 Å². The number of hydrogen-bond acceptors (Lipinski definition) is 8. The lowest BCUT2D eigenvalue weighted by Gasteiger charge is -2.29. The molecule has 1 aromatic carbocycles. The average Bonchev–Trinajstić information content (AvgIpc) is 0.856. The maximum atomic E-state index is 11.4. The molecule has 0 aliphatic rings. The highest BCUT2D eigenvalue weighted by Crippen LogP contribution is 2.25. The molecular formula is C92H180N2O6. The molecule has 2 atom stereocenters. The average molecular weight is 1410 g/mol. The molecule has 0 fully saturated rings. The van der Waals surface area contributed by atoms with Crippen molar-refractivity contribution in [2.45, 2.75) is 502 Å². The maximum absolute atomic E-state index is 11.4. The van der Waals surface area contributed by atoms with E-state index in [1.165, 1.54) is 424 Å². The van der Waals surface area contributed by atoms with Crippen LogP contribution in [0.1, 0.15) is 490 Å². The topological polar surface area (TPSA) is 83.9 Å². The van der Waals surface area contributed by atoms with Crippen LogP contribution in [0.2, 0.25) is 0 Å². The zero-order valence-electron chi connectivity index (χ0n) is 68.5. The van der Waals surface area contributed by atoms with Gasteiger partial charge >= 0.3 is 0 Å². The normalized spacial score (nSPS) is 12.4. The molecule has 0 radical (unpaired) electrons.